The lowest BCUT2D eigenvalue weighted by atomic mass is 10.1. The summed E-state index contributed by atoms with van der Waals surface area (Å²) in [7, 11) is 0. The molecular formula is C38H17F4N5OS. The van der Waals surface area contributed by atoms with Crippen LogP contribution < -0.4 is 0 Å². The molecule has 0 saturated carbocycles. The van der Waals surface area contributed by atoms with E-state index in [1.165, 1.54) is 12.3 Å². The topological polar surface area (TPSA) is 80.5 Å². The summed E-state index contributed by atoms with van der Waals surface area (Å²) in [6.45, 7) is 0. The van der Waals surface area contributed by atoms with Crippen molar-refractivity contribution in [3.05, 3.63) is 132 Å². The van der Waals surface area contributed by atoms with Crippen LogP contribution in [0.15, 0.2) is 108 Å². The third-order valence-electron chi connectivity index (χ3n) is 8.48. The maximum absolute atomic E-state index is 14.9. The summed E-state index contributed by atoms with van der Waals surface area (Å²) in [6.07, 6.45) is 1.37. The monoisotopic (exact) mass is 667 g/mol. The van der Waals surface area contributed by atoms with Crippen molar-refractivity contribution in [1.29, 1.82) is 5.26 Å². The molecule has 0 unspecified atom stereocenters. The SMILES string of the molecule is N#Cc1c(F)c(F)c(-c2ccc(-n3c4ccc(-c5nc6ccccc6o5)cc4c4cc(-c5nc6ccccc6s5)ccc43)cn2)c(F)c1F. The zero-order chi connectivity index (χ0) is 33.4. The number of oxazole rings is 1. The summed E-state index contributed by atoms with van der Waals surface area (Å²) in [4.78, 5) is 13.7. The van der Waals surface area contributed by atoms with Gasteiger partial charge in [0.05, 0.1) is 44.4 Å². The fourth-order valence-electron chi connectivity index (χ4n) is 6.18. The van der Waals surface area contributed by atoms with E-state index in [0.717, 1.165) is 59.7 Å². The van der Waals surface area contributed by atoms with Crippen molar-refractivity contribution in [3.63, 3.8) is 0 Å². The van der Waals surface area contributed by atoms with Gasteiger partial charge >= 0.3 is 0 Å². The van der Waals surface area contributed by atoms with E-state index in [0.29, 0.717) is 17.2 Å². The number of fused-ring (bicyclic) bond motifs is 5. The van der Waals surface area contributed by atoms with E-state index >= 15 is 0 Å². The van der Waals surface area contributed by atoms with Gasteiger partial charge in [0.15, 0.2) is 28.9 Å². The molecule has 4 aromatic heterocycles. The van der Waals surface area contributed by atoms with Crippen molar-refractivity contribution >= 4 is 54.5 Å². The molecule has 0 spiro atoms. The lowest BCUT2D eigenvalue weighted by molar-refractivity contribution is 0.454. The van der Waals surface area contributed by atoms with Crippen molar-refractivity contribution in [2.45, 2.75) is 0 Å². The molecule has 234 valence electrons. The van der Waals surface area contributed by atoms with Crippen molar-refractivity contribution in [1.82, 2.24) is 19.5 Å². The Morgan fingerprint density at radius 3 is 2.04 bits per heavy atom. The van der Waals surface area contributed by atoms with Crippen molar-refractivity contribution in [2.75, 3.05) is 0 Å². The first kappa shape index (κ1) is 28.8. The molecule has 5 aromatic carbocycles. The quantitative estimate of drug-likeness (QED) is 0.138. The first-order valence-electron chi connectivity index (χ1n) is 14.9. The molecule has 9 aromatic rings. The van der Waals surface area contributed by atoms with E-state index in [-0.39, 0.29) is 5.69 Å². The maximum Gasteiger partial charge on any atom is 0.227 e. The number of halogens is 4. The molecule has 49 heavy (non-hydrogen) atoms. The van der Waals surface area contributed by atoms with Crippen molar-refractivity contribution in [3.8, 4) is 45.0 Å². The summed E-state index contributed by atoms with van der Waals surface area (Å²) in [6, 6.07) is 31.3. The second-order valence-corrected chi connectivity index (χ2v) is 12.3. The number of hydrogen-bond acceptors (Lipinski definition) is 6. The summed E-state index contributed by atoms with van der Waals surface area (Å²) >= 11 is 1.59. The second kappa shape index (κ2) is 10.8. The molecule has 0 aliphatic heterocycles. The molecule has 9 rings (SSSR count). The van der Waals surface area contributed by atoms with Crippen LogP contribution in [0.3, 0.4) is 0 Å². The Hall–Kier alpha value is -6.38. The highest BCUT2D eigenvalue weighted by Crippen LogP contribution is 2.39. The van der Waals surface area contributed by atoms with Gasteiger partial charge < -0.3 is 8.98 Å². The fraction of sp³-hybridized carbons (Fsp3) is 0. The van der Waals surface area contributed by atoms with Crippen molar-refractivity contribution in [2.24, 2.45) is 0 Å². The molecule has 0 saturated heterocycles. The molecule has 11 heteroatoms. The Kier molecular flexibility index (Phi) is 6.37. The summed E-state index contributed by atoms with van der Waals surface area (Å²) in [5.41, 5.74) is 3.45. The van der Waals surface area contributed by atoms with Crippen LogP contribution >= 0.6 is 11.3 Å². The molecule has 0 atom stereocenters. The molecule has 0 radical (unpaired) electrons. The molecule has 0 bridgehead atoms. The first-order chi connectivity index (χ1) is 23.9. The second-order valence-electron chi connectivity index (χ2n) is 11.3. The number of thiazole rings is 1. The molecule has 0 aliphatic rings. The van der Waals surface area contributed by atoms with Crippen LogP contribution in [0.1, 0.15) is 5.56 Å². The Balaban J connectivity index is 1.23. The molecule has 6 nitrogen and oxygen atoms in total. The lowest BCUT2D eigenvalue weighted by Crippen LogP contribution is -2.05. The van der Waals surface area contributed by atoms with Gasteiger partial charge in [-0.1, -0.05) is 24.3 Å². The average molecular weight is 668 g/mol. The normalized spacial score (nSPS) is 11.7. The van der Waals surface area contributed by atoms with Gasteiger partial charge in [0.25, 0.3) is 0 Å². The number of rotatable bonds is 4. The Morgan fingerprint density at radius 2 is 1.37 bits per heavy atom. The number of pyridine rings is 1. The van der Waals surface area contributed by atoms with Gasteiger partial charge in [-0.25, -0.2) is 27.5 Å². The zero-order valence-electron chi connectivity index (χ0n) is 24.9. The summed E-state index contributed by atoms with van der Waals surface area (Å²) < 4.78 is 67.6. The third kappa shape index (κ3) is 4.42. The van der Waals surface area contributed by atoms with E-state index in [4.69, 9.17) is 14.7 Å². The molecular weight excluding hydrogens is 651 g/mol. The number of hydrogen-bond donors (Lipinski definition) is 0. The van der Waals surface area contributed by atoms with Gasteiger partial charge in [0, 0.05) is 21.9 Å². The Bertz CT molecular complexity index is 2620. The number of nitriles is 1. The smallest absolute Gasteiger partial charge is 0.227 e. The van der Waals surface area contributed by atoms with Crippen molar-refractivity contribution < 1.29 is 22.0 Å². The minimum absolute atomic E-state index is 0.335. The molecule has 0 fully saturated rings. The Labute approximate surface area is 277 Å². The van der Waals surface area contributed by atoms with Gasteiger partial charge in [0.1, 0.15) is 22.2 Å². The average Bonchev–Trinajstić information content (AvgIpc) is 3.85. The summed E-state index contributed by atoms with van der Waals surface area (Å²) in [5, 5.41) is 11.6. The number of benzene rings is 5. The lowest BCUT2D eigenvalue weighted by Gasteiger charge is -2.11. The minimum atomic E-state index is -1.77. The first-order valence-corrected chi connectivity index (χ1v) is 15.7. The van der Waals surface area contributed by atoms with Crippen LogP contribution in [-0.4, -0.2) is 19.5 Å². The fourth-order valence-corrected chi connectivity index (χ4v) is 7.14. The van der Waals surface area contributed by atoms with E-state index < -0.39 is 34.4 Å². The zero-order valence-corrected chi connectivity index (χ0v) is 25.7. The van der Waals surface area contributed by atoms with Crippen LogP contribution in [0, 0.1) is 34.6 Å². The largest absolute Gasteiger partial charge is 0.436 e. The number of para-hydroxylation sites is 3. The molecule has 0 amide bonds. The highest BCUT2D eigenvalue weighted by molar-refractivity contribution is 7.21. The van der Waals surface area contributed by atoms with Gasteiger partial charge in [-0.2, -0.15) is 5.26 Å². The van der Waals surface area contributed by atoms with E-state index in [1.54, 1.807) is 17.4 Å². The third-order valence-corrected chi connectivity index (χ3v) is 9.57. The number of nitrogens with zero attached hydrogens (tertiary/aromatic N) is 5. The highest BCUT2D eigenvalue weighted by atomic mass is 32.1. The van der Waals surface area contributed by atoms with E-state index in [1.807, 2.05) is 83.4 Å². The van der Waals surface area contributed by atoms with Gasteiger partial charge in [-0.05, 0) is 72.8 Å². The van der Waals surface area contributed by atoms with E-state index in [2.05, 4.69) is 16.0 Å². The molecule has 4 heterocycles. The van der Waals surface area contributed by atoms with Crippen LogP contribution in [-0.2, 0) is 0 Å². The minimum Gasteiger partial charge on any atom is -0.436 e. The van der Waals surface area contributed by atoms with Crippen LogP contribution in [0.25, 0.3) is 82.1 Å². The van der Waals surface area contributed by atoms with Gasteiger partial charge in [-0.3, -0.25) is 4.98 Å². The summed E-state index contributed by atoms with van der Waals surface area (Å²) in [5.74, 6) is -6.47. The standard InChI is InChI=1S/C38H17F4N5OS/c39-33-24(17-43)34(40)36(42)32(35(33)41)27-12-11-21(18-44-27)47-28-13-9-19(37-45-25-5-1-3-7-30(25)48-37)15-22(28)23-16-20(10-14-29(23)47)38-46-26-6-2-4-8-31(26)49-38/h1-16,18H. The van der Waals surface area contributed by atoms with Crippen LogP contribution in [0.5, 0.6) is 0 Å². The Morgan fingerprint density at radius 1 is 0.694 bits per heavy atom. The highest BCUT2D eigenvalue weighted by Gasteiger charge is 2.27. The maximum atomic E-state index is 14.9. The van der Waals surface area contributed by atoms with Gasteiger partial charge in [-0.15, -0.1) is 11.3 Å². The van der Waals surface area contributed by atoms with Crippen LogP contribution in [0.4, 0.5) is 17.6 Å². The molecule has 0 aliphatic carbocycles. The van der Waals surface area contributed by atoms with E-state index in [9.17, 15) is 17.6 Å². The predicted molar refractivity (Wildman–Crippen MR) is 180 cm³/mol. The van der Waals surface area contributed by atoms with Crippen LogP contribution in [0.2, 0.25) is 0 Å². The van der Waals surface area contributed by atoms with Gasteiger partial charge in [0.2, 0.25) is 5.89 Å². The number of aromatic nitrogens is 4. The predicted octanol–water partition coefficient (Wildman–Crippen LogP) is 10.4. The molecule has 0 N–H and O–H groups in total.